The molecule has 0 bridgehead atoms. The highest BCUT2D eigenvalue weighted by Crippen LogP contribution is 2.43. The van der Waals surface area contributed by atoms with Crippen molar-refractivity contribution in [1.29, 1.82) is 0 Å². The summed E-state index contributed by atoms with van der Waals surface area (Å²) in [7, 11) is 0. The number of hydrogen-bond acceptors (Lipinski definition) is 4. The highest BCUT2D eigenvalue weighted by atomic mass is 16.3. The zero-order chi connectivity index (χ0) is 47.3. The van der Waals surface area contributed by atoms with Gasteiger partial charge < -0.3 is 4.42 Å². The van der Waals surface area contributed by atoms with Gasteiger partial charge in [0.25, 0.3) is 0 Å². The van der Waals surface area contributed by atoms with Crippen LogP contribution in [0.1, 0.15) is 19.2 Å². The average Bonchev–Trinajstić information content (AvgIpc) is 3.73. The molecule has 248 valence electrons. The molecule has 0 amide bonds. The Labute approximate surface area is 326 Å². The molecule has 0 aliphatic rings. The summed E-state index contributed by atoms with van der Waals surface area (Å²) in [4.78, 5) is 14.5. The van der Waals surface area contributed by atoms with E-state index in [9.17, 15) is 1.37 Å². The maximum atomic E-state index is 9.26. The van der Waals surface area contributed by atoms with Crippen molar-refractivity contribution in [3.05, 3.63) is 188 Å². The van der Waals surface area contributed by atoms with Crippen molar-refractivity contribution in [2.75, 3.05) is 0 Å². The van der Waals surface area contributed by atoms with Crippen molar-refractivity contribution < 1.29 is 23.6 Å². The second-order valence-electron chi connectivity index (χ2n) is 12.2. The van der Waals surface area contributed by atoms with E-state index in [2.05, 4.69) is 4.98 Å². The lowest BCUT2D eigenvalue weighted by atomic mass is 9.92. The van der Waals surface area contributed by atoms with Gasteiger partial charge >= 0.3 is 0 Å². The topological polar surface area (TPSA) is 51.8 Å². The van der Waals surface area contributed by atoms with Gasteiger partial charge in [-0.25, -0.2) is 15.0 Å². The molecule has 2 aromatic heterocycles. The Hall–Kier alpha value is -7.17. The zero-order valence-corrected chi connectivity index (χ0v) is 27.6. The van der Waals surface area contributed by atoms with Gasteiger partial charge in [-0.1, -0.05) is 170 Å². The Bertz CT molecular complexity index is 3680. The first-order valence-corrected chi connectivity index (χ1v) is 16.6. The first kappa shape index (κ1) is 19.4. The third kappa shape index (κ3) is 5.54. The van der Waals surface area contributed by atoms with Gasteiger partial charge in [0.2, 0.25) is 0 Å². The Morgan fingerprint density at radius 1 is 0.377 bits per heavy atom. The minimum atomic E-state index is -0.631. The van der Waals surface area contributed by atoms with E-state index in [0.29, 0.717) is 22.3 Å². The minimum Gasteiger partial charge on any atom is -0.456 e. The number of para-hydroxylation sites is 1. The van der Waals surface area contributed by atoms with Gasteiger partial charge in [0, 0.05) is 27.5 Å². The number of aromatic nitrogens is 3. The highest BCUT2D eigenvalue weighted by molar-refractivity contribution is 6.15. The van der Waals surface area contributed by atoms with E-state index < -0.39 is 60.4 Å². The number of benzene rings is 8. The van der Waals surface area contributed by atoms with E-state index in [1.54, 1.807) is 18.2 Å². The third-order valence-corrected chi connectivity index (χ3v) is 9.09. The fraction of sp³-hybridized carbons (Fsp3) is 0. The summed E-state index contributed by atoms with van der Waals surface area (Å²) in [5.74, 6) is -0.464. The lowest BCUT2D eigenvalue weighted by Gasteiger charge is -2.14. The molecule has 0 saturated carbocycles. The number of nitrogens with zero attached hydrogens (tertiary/aromatic N) is 3. The molecule has 0 unspecified atom stereocenters. The molecule has 0 fully saturated rings. The van der Waals surface area contributed by atoms with Crippen LogP contribution in [0.2, 0.25) is 0 Å². The van der Waals surface area contributed by atoms with Crippen molar-refractivity contribution in [3.8, 4) is 67.5 Å². The summed E-state index contributed by atoms with van der Waals surface area (Å²) in [5.41, 5.74) is 3.28. The maximum absolute atomic E-state index is 9.26. The van der Waals surface area contributed by atoms with Gasteiger partial charge in [0.15, 0.2) is 17.5 Å². The van der Waals surface area contributed by atoms with E-state index in [1.807, 2.05) is 66.7 Å². The van der Waals surface area contributed by atoms with Crippen LogP contribution in [0, 0.1) is 0 Å². The molecule has 0 saturated heterocycles. The lowest BCUT2D eigenvalue weighted by Crippen LogP contribution is -2.01. The van der Waals surface area contributed by atoms with E-state index in [0.717, 1.165) is 21.9 Å². The monoisotopic (exact) mass is 691 g/mol. The van der Waals surface area contributed by atoms with Gasteiger partial charge in [-0.2, -0.15) is 0 Å². The summed E-state index contributed by atoms with van der Waals surface area (Å²) in [5, 5.41) is 2.54. The maximum Gasteiger partial charge on any atom is 0.165 e. The molecule has 0 atom stereocenters. The number of fused-ring (bicyclic) bond motifs is 4. The van der Waals surface area contributed by atoms with Crippen molar-refractivity contribution in [3.63, 3.8) is 0 Å². The van der Waals surface area contributed by atoms with E-state index in [4.69, 9.17) is 32.2 Å². The molecule has 10 rings (SSSR count). The van der Waals surface area contributed by atoms with Crippen LogP contribution in [0.25, 0.3) is 100 Å². The summed E-state index contributed by atoms with van der Waals surface area (Å²) in [6.07, 6.45) is 0. The van der Waals surface area contributed by atoms with Crippen LogP contribution >= 0.6 is 0 Å². The third-order valence-electron chi connectivity index (χ3n) is 9.09. The molecule has 4 nitrogen and oxygen atoms in total. The predicted octanol–water partition coefficient (Wildman–Crippen LogP) is 12.9. The molecule has 10 aromatic rings. The Morgan fingerprint density at radius 2 is 0.981 bits per heavy atom. The smallest absolute Gasteiger partial charge is 0.165 e. The SMILES string of the molecule is [2H]c1cc2c(oc3c([2H])cc(-c4ccc(-c5cccc6ccccc56)cc4)c(-c4nc(-c5ccc(-c6c([2H])c([2H])c([2H])c([2H])c6[2H])cc5)nc(-c5c([2H])c([2H])c([2H])c([2H])c5[2H])n4)c32)c([2H])c1[2H]. The summed E-state index contributed by atoms with van der Waals surface area (Å²) in [6, 6.07) is 24.2. The summed E-state index contributed by atoms with van der Waals surface area (Å²) >= 11 is 0. The second-order valence-corrected chi connectivity index (χ2v) is 12.2. The van der Waals surface area contributed by atoms with E-state index in [1.165, 1.54) is 18.2 Å². The Balaban J connectivity index is 1.27. The largest absolute Gasteiger partial charge is 0.456 e. The van der Waals surface area contributed by atoms with Crippen molar-refractivity contribution >= 4 is 32.7 Å². The molecule has 4 heteroatoms. The lowest BCUT2D eigenvalue weighted by molar-refractivity contribution is 0.669. The van der Waals surface area contributed by atoms with Crippen LogP contribution in [0.15, 0.2) is 192 Å². The van der Waals surface area contributed by atoms with Crippen LogP contribution in [0.3, 0.4) is 0 Å². The van der Waals surface area contributed by atoms with Gasteiger partial charge in [-0.15, -0.1) is 0 Å². The number of furan rings is 1. The average molecular weight is 692 g/mol. The van der Waals surface area contributed by atoms with E-state index >= 15 is 0 Å². The van der Waals surface area contributed by atoms with Crippen LogP contribution in [-0.2, 0) is 0 Å². The molecular weight excluding hydrogens is 647 g/mol. The van der Waals surface area contributed by atoms with Crippen molar-refractivity contribution in [2.24, 2.45) is 0 Å². The molecule has 0 spiro atoms. The fourth-order valence-electron chi connectivity index (χ4n) is 6.61. The molecule has 0 N–H and O–H groups in total. The summed E-state index contributed by atoms with van der Waals surface area (Å²) in [6.45, 7) is 0. The normalized spacial score (nSPS) is 15.1. The van der Waals surface area contributed by atoms with Crippen molar-refractivity contribution in [1.82, 2.24) is 15.0 Å². The molecule has 53 heavy (non-hydrogen) atoms. The quantitative estimate of drug-likeness (QED) is 0.174. The Kier molecular flexibility index (Phi) is 4.72. The molecule has 8 aromatic carbocycles. The van der Waals surface area contributed by atoms with Crippen LogP contribution in [-0.4, -0.2) is 15.0 Å². The summed E-state index contributed by atoms with van der Waals surface area (Å²) < 4.78 is 126. The molecule has 0 radical (unpaired) electrons. The van der Waals surface area contributed by atoms with Crippen LogP contribution < -0.4 is 0 Å². The standard InChI is InChI=1S/C49H31N3O/c1-3-12-32(13-4-1)33-22-28-38(29-23-33)48-50-47(37-15-5-2-6-16-37)51-49(52-48)46-41(30-31-44-45(46)42-19-9-10-21-43(42)53-44)36-26-24-35(25-27-36)40-20-11-17-34-14-7-8-18-39(34)40/h1-31H/i1D,2D,3D,4D,5D,6D,9D,10D,12D,13D,15D,16D,21D,31D. The second kappa shape index (κ2) is 12.9. The number of hydrogen-bond donors (Lipinski definition) is 0. The van der Waals surface area contributed by atoms with Crippen LogP contribution in [0.4, 0.5) is 0 Å². The van der Waals surface area contributed by atoms with Gasteiger partial charge in [0.1, 0.15) is 11.2 Å². The van der Waals surface area contributed by atoms with E-state index in [-0.39, 0.29) is 80.3 Å². The van der Waals surface area contributed by atoms with Gasteiger partial charge in [-0.3, -0.25) is 0 Å². The van der Waals surface area contributed by atoms with Gasteiger partial charge in [0.05, 0.1) is 19.2 Å². The molecule has 0 aliphatic heterocycles. The minimum absolute atomic E-state index is 0.00563. The first-order valence-electron chi connectivity index (χ1n) is 23.6. The Morgan fingerprint density at radius 3 is 1.75 bits per heavy atom. The first-order chi connectivity index (χ1) is 32.0. The fourth-order valence-corrected chi connectivity index (χ4v) is 6.61. The molecule has 0 aliphatic carbocycles. The highest BCUT2D eigenvalue weighted by Gasteiger charge is 2.22. The van der Waals surface area contributed by atoms with Crippen LogP contribution in [0.5, 0.6) is 0 Å². The predicted molar refractivity (Wildman–Crippen MR) is 217 cm³/mol. The van der Waals surface area contributed by atoms with Crippen molar-refractivity contribution in [2.45, 2.75) is 0 Å². The number of rotatable bonds is 6. The molecule has 2 heterocycles. The molecular formula is C49H31N3O. The zero-order valence-electron chi connectivity index (χ0n) is 41.6. The van der Waals surface area contributed by atoms with Gasteiger partial charge in [-0.05, 0) is 62.3 Å².